The Kier molecular flexibility index (Phi) is 3.10. The van der Waals surface area contributed by atoms with Gasteiger partial charge in [0.2, 0.25) is 0 Å². The van der Waals surface area contributed by atoms with Crippen molar-refractivity contribution in [2.24, 2.45) is 5.73 Å². The summed E-state index contributed by atoms with van der Waals surface area (Å²) in [6.45, 7) is 1.49. The number of benzene rings is 1. The fraction of sp³-hybridized carbons (Fsp3) is 0.357. The van der Waals surface area contributed by atoms with Crippen LogP contribution in [0.3, 0.4) is 0 Å². The van der Waals surface area contributed by atoms with Gasteiger partial charge >= 0.3 is 0 Å². The van der Waals surface area contributed by atoms with Gasteiger partial charge in [-0.15, -0.1) is 0 Å². The second-order valence-electron chi connectivity index (χ2n) is 4.66. The second-order valence-corrected chi connectivity index (χ2v) is 5.10. The van der Waals surface area contributed by atoms with Crippen LogP contribution < -0.4 is 5.73 Å². The SMILES string of the molecule is NCc1nn2c(c1-c1ccc(Cl)cc1)CCCC2. The molecule has 0 bridgehead atoms. The van der Waals surface area contributed by atoms with Crippen LogP contribution in [-0.2, 0) is 19.5 Å². The molecule has 1 aliphatic heterocycles. The summed E-state index contributed by atoms with van der Waals surface area (Å²) < 4.78 is 2.12. The molecule has 2 N–H and O–H groups in total. The standard InChI is InChI=1S/C14H16ClN3/c15-11-6-4-10(5-7-11)14-12(9-16)17-18-8-2-1-3-13(14)18/h4-7H,1-3,8-9,16H2. The van der Waals surface area contributed by atoms with Crippen LogP contribution in [0.25, 0.3) is 11.1 Å². The van der Waals surface area contributed by atoms with Crippen LogP contribution in [0.4, 0.5) is 0 Å². The Morgan fingerprint density at radius 2 is 2.00 bits per heavy atom. The Morgan fingerprint density at radius 3 is 2.72 bits per heavy atom. The first kappa shape index (κ1) is 11.8. The molecule has 1 aromatic carbocycles. The van der Waals surface area contributed by atoms with Crippen molar-refractivity contribution >= 4 is 11.6 Å². The zero-order chi connectivity index (χ0) is 12.5. The van der Waals surface area contributed by atoms with Gasteiger partial charge in [0.05, 0.1) is 5.69 Å². The van der Waals surface area contributed by atoms with E-state index in [0.29, 0.717) is 6.54 Å². The zero-order valence-electron chi connectivity index (χ0n) is 10.2. The fourth-order valence-electron chi connectivity index (χ4n) is 2.64. The summed E-state index contributed by atoms with van der Waals surface area (Å²) in [5, 5.41) is 5.39. The summed E-state index contributed by atoms with van der Waals surface area (Å²) in [6, 6.07) is 7.94. The van der Waals surface area contributed by atoms with Gasteiger partial charge in [-0.3, -0.25) is 4.68 Å². The van der Waals surface area contributed by atoms with E-state index in [-0.39, 0.29) is 0 Å². The van der Waals surface area contributed by atoms with E-state index < -0.39 is 0 Å². The lowest BCUT2D eigenvalue weighted by molar-refractivity contribution is 0.484. The predicted octanol–water partition coefficient (Wildman–Crippen LogP) is 3.00. The average Bonchev–Trinajstić information content (AvgIpc) is 2.78. The van der Waals surface area contributed by atoms with E-state index in [1.165, 1.54) is 29.7 Å². The molecule has 0 unspecified atom stereocenters. The topological polar surface area (TPSA) is 43.8 Å². The summed E-state index contributed by atoms with van der Waals surface area (Å²) in [5.74, 6) is 0. The molecule has 0 aliphatic carbocycles. The third-order valence-corrected chi connectivity index (χ3v) is 3.74. The lowest BCUT2D eigenvalue weighted by Gasteiger charge is -2.14. The molecule has 0 radical (unpaired) electrons. The number of nitrogens with zero attached hydrogens (tertiary/aromatic N) is 2. The van der Waals surface area contributed by atoms with Crippen molar-refractivity contribution in [1.82, 2.24) is 9.78 Å². The molecule has 0 fully saturated rings. The van der Waals surface area contributed by atoms with Gasteiger partial charge in [-0.1, -0.05) is 23.7 Å². The summed E-state index contributed by atoms with van der Waals surface area (Å²) >= 11 is 5.94. The van der Waals surface area contributed by atoms with Gasteiger partial charge in [0.1, 0.15) is 0 Å². The van der Waals surface area contributed by atoms with Crippen molar-refractivity contribution in [3.63, 3.8) is 0 Å². The highest BCUT2D eigenvalue weighted by Gasteiger charge is 2.20. The molecule has 0 amide bonds. The number of nitrogens with two attached hydrogens (primary N) is 1. The molecule has 0 saturated carbocycles. The average molecular weight is 262 g/mol. The van der Waals surface area contributed by atoms with E-state index in [2.05, 4.69) is 9.78 Å². The lowest BCUT2D eigenvalue weighted by Crippen LogP contribution is -2.11. The molecule has 1 aliphatic rings. The van der Waals surface area contributed by atoms with Crippen LogP contribution in [0.1, 0.15) is 24.2 Å². The largest absolute Gasteiger partial charge is 0.325 e. The van der Waals surface area contributed by atoms with Crippen molar-refractivity contribution in [3.05, 3.63) is 40.7 Å². The second kappa shape index (κ2) is 4.75. The molecule has 2 aromatic rings. The van der Waals surface area contributed by atoms with Crippen LogP contribution in [0, 0.1) is 0 Å². The smallest absolute Gasteiger partial charge is 0.0841 e. The Labute approximate surface area is 112 Å². The Morgan fingerprint density at radius 1 is 1.22 bits per heavy atom. The fourth-order valence-corrected chi connectivity index (χ4v) is 2.76. The molecule has 3 rings (SSSR count). The first-order valence-corrected chi connectivity index (χ1v) is 6.72. The maximum absolute atomic E-state index is 5.94. The molecule has 0 saturated heterocycles. The number of aryl methyl sites for hydroxylation is 1. The van der Waals surface area contributed by atoms with Crippen molar-refractivity contribution in [2.45, 2.75) is 32.4 Å². The van der Waals surface area contributed by atoms with Gasteiger partial charge in [0.25, 0.3) is 0 Å². The molecule has 2 heterocycles. The van der Waals surface area contributed by atoms with Crippen molar-refractivity contribution in [3.8, 4) is 11.1 Å². The maximum atomic E-state index is 5.94. The monoisotopic (exact) mass is 261 g/mol. The maximum Gasteiger partial charge on any atom is 0.0841 e. The Balaban J connectivity index is 2.14. The van der Waals surface area contributed by atoms with E-state index in [1.54, 1.807) is 0 Å². The minimum Gasteiger partial charge on any atom is -0.325 e. The minimum atomic E-state index is 0.484. The highest BCUT2D eigenvalue weighted by Crippen LogP contribution is 2.31. The molecule has 0 spiro atoms. The van der Waals surface area contributed by atoms with E-state index in [9.17, 15) is 0 Å². The van der Waals surface area contributed by atoms with Crippen LogP contribution in [0.15, 0.2) is 24.3 Å². The van der Waals surface area contributed by atoms with Crippen molar-refractivity contribution in [1.29, 1.82) is 0 Å². The van der Waals surface area contributed by atoms with Crippen LogP contribution in [0.5, 0.6) is 0 Å². The number of fused-ring (bicyclic) bond motifs is 1. The molecular formula is C14H16ClN3. The van der Waals surface area contributed by atoms with Gasteiger partial charge in [-0.05, 0) is 37.0 Å². The highest BCUT2D eigenvalue weighted by molar-refractivity contribution is 6.30. The Hall–Kier alpha value is -1.32. The Bertz CT molecular complexity index is 557. The molecule has 3 nitrogen and oxygen atoms in total. The molecule has 1 aromatic heterocycles. The van der Waals surface area contributed by atoms with Crippen LogP contribution >= 0.6 is 11.6 Å². The molecule has 94 valence electrons. The van der Waals surface area contributed by atoms with E-state index in [4.69, 9.17) is 17.3 Å². The van der Waals surface area contributed by atoms with Crippen molar-refractivity contribution < 1.29 is 0 Å². The highest BCUT2D eigenvalue weighted by atomic mass is 35.5. The summed E-state index contributed by atoms with van der Waals surface area (Å²) in [7, 11) is 0. The number of rotatable bonds is 2. The van der Waals surface area contributed by atoms with E-state index in [1.807, 2.05) is 24.3 Å². The minimum absolute atomic E-state index is 0.484. The van der Waals surface area contributed by atoms with Crippen LogP contribution in [-0.4, -0.2) is 9.78 Å². The molecular weight excluding hydrogens is 246 g/mol. The normalized spacial score (nSPS) is 14.6. The van der Waals surface area contributed by atoms with Gasteiger partial charge < -0.3 is 5.73 Å². The van der Waals surface area contributed by atoms with E-state index in [0.717, 1.165) is 23.7 Å². The van der Waals surface area contributed by atoms with Crippen molar-refractivity contribution in [2.75, 3.05) is 0 Å². The lowest BCUT2D eigenvalue weighted by atomic mass is 9.98. The first-order chi connectivity index (χ1) is 8.79. The first-order valence-electron chi connectivity index (χ1n) is 6.34. The molecule has 18 heavy (non-hydrogen) atoms. The van der Waals surface area contributed by atoms with Gasteiger partial charge in [0.15, 0.2) is 0 Å². The third kappa shape index (κ3) is 1.93. The van der Waals surface area contributed by atoms with Crippen LogP contribution in [0.2, 0.25) is 5.02 Å². The third-order valence-electron chi connectivity index (χ3n) is 3.49. The van der Waals surface area contributed by atoms with Gasteiger partial charge in [0, 0.05) is 29.4 Å². The van der Waals surface area contributed by atoms with Gasteiger partial charge in [-0.25, -0.2) is 0 Å². The molecule has 0 atom stereocenters. The summed E-state index contributed by atoms with van der Waals surface area (Å²) in [4.78, 5) is 0. The number of hydrogen-bond acceptors (Lipinski definition) is 2. The number of halogens is 1. The summed E-state index contributed by atoms with van der Waals surface area (Å²) in [5.41, 5.74) is 10.5. The molecule has 4 heteroatoms. The predicted molar refractivity (Wildman–Crippen MR) is 73.5 cm³/mol. The number of aromatic nitrogens is 2. The zero-order valence-corrected chi connectivity index (χ0v) is 11.0. The van der Waals surface area contributed by atoms with Gasteiger partial charge in [-0.2, -0.15) is 5.10 Å². The number of hydrogen-bond donors (Lipinski definition) is 1. The van der Waals surface area contributed by atoms with E-state index >= 15 is 0 Å². The quantitative estimate of drug-likeness (QED) is 0.903. The summed E-state index contributed by atoms with van der Waals surface area (Å²) in [6.07, 6.45) is 3.53.